The Morgan fingerprint density at radius 3 is 2.44 bits per heavy atom. The summed E-state index contributed by atoms with van der Waals surface area (Å²) in [6.45, 7) is 2.00. The summed E-state index contributed by atoms with van der Waals surface area (Å²) in [5.41, 5.74) is -0.291. The number of benzene rings is 4. The zero-order chi connectivity index (χ0) is 30.7. The molecule has 0 aliphatic carbocycles. The van der Waals surface area contributed by atoms with Crippen LogP contribution in [0.15, 0.2) is 97.7 Å². The summed E-state index contributed by atoms with van der Waals surface area (Å²) in [5, 5.41) is 4.61. The topological polar surface area (TPSA) is 65.7 Å². The summed E-state index contributed by atoms with van der Waals surface area (Å²) < 4.78 is 68.3. The maximum Gasteiger partial charge on any atom is 0.416 e. The predicted octanol–water partition coefficient (Wildman–Crippen LogP) is 8.61. The van der Waals surface area contributed by atoms with Crippen LogP contribution in [0.2, 0.25) is 0 Å². The smallest absolute Gasteiger partial charge is 0.416 e. The van der Waals surface area contributed by atoms with Gasteiger partial charge in [0, 0.05) is 21.2 Å². The van der Waals surface area contributed by atoms with Crippen LogP contribution in [0.4, 0.5) is 17.6 Å². The maximum absolute atomic E-state index is 14.2. The van der Waals surface area contributed by atoms with E-state index in [9.17, 15) is 22.4 Å². The number of aromatic nitrogens is 2. The van der Waals surface area contributed by atoms with E-state index in [-0.39, 0.29) is 30.0 Å². The van der Waals surface area contributed by atoms with Gasteiger partial charge in [0.05, 0.1) is 33.8 Å². The second-order valence-electron chi connectivity index (χ2n) is 9.13. The largest absolute Gasteiger partial charge is 0.490 e. The van der Waals surface area contributed by atoms with Crippen molar-refractivity contribution in [1.82, 2.24) is 9.66 Å². The van der Waals surface area contributed by atoms with Crippen LogP contribution in [-0.2, 0) is 12.8 Å². The lowest BCUT2D eigenvalue weighted by Gasteiger charge is -2.17. The highest BCUT2D eigenvalue weighted by Gasteiger charge is 2.31. The highest BCUT2D eigenvalue weighted by molar-refractivity contribution is 9.13. The van der Waals surface area contributed by atoms with E-state index in [0.29, 0.717) is 37.1 Å². The number of nitrogens with zero attached hydrogens (tertiary/aromatic N) is 3. The van der Waals surface area contributed by atoms with E-state index < -0.39 is 23.1 Å². The number of fused-ring (bicyclic) bond motifs is 1. The molecule has 0 aliphatic heterocycles. The second-order valence-corrected chi connectivity index (χ2v) is 10.7. The van der Waals surface area contributed by atoms with E-state index in [2.05, 4.69) is 41.9 Å². The van der Waals surface area contributed by atoms with Gasteiger partial charge in [-0.15, -0.1) is 0 Å². The van der Waals surface area contributed by atoms with Crippen LogP contribution in [0, 0.1) is 5.82 Å². The average molecular weight is 719 g/mol. The van der Waals surface area contributed by atoms with Gasteiger partial charge in [-0.25, -0.2) is 9.37 Å². The van der Waals surface area contributed by atoms with Crippen molar-refractivity contribution in [2.24, 2.45) is 5.10 Å². The zero-order valence-corrected chi connectivity index (χ0v) is 25.5. The van der Waals surface area contributed by atoms with Crippen molar-refractivity contribution in [2.75, 3.05) is 6.61 Å². The first-order chi connectivity index (χ1) is 20.6. The SMILES string of the molecule is CCOc1cc(C=Nn2c(-c3cccc(C(F)(F)F)c3)nc3ccccc3c2=O)c(Br)c(Br)c1OCc1ccccc1F. The number of para-hydroxylation sites is 1. The van der Waals surface area contributed by atoms with Gasteiger partial charge in [-0.3, -0.25) is 4.79 Å². The van der Waals surface area contributed by atoms with Gasteiger partial charge in [-0.05, 0) is 75.2 Å². The molecule has 0 N–H and O–H groups in total. The van der Waals surface area contributed by atoms with Gasteiger partial charge in [-0.2, -0.15) is 22.9 Å². The summed E-state index contributed by atoms with van der Waals surface area (Å²) in [4.78, 5) is 18.0. The van der Waals surface area contributed by atoms with Crippen molar-refractivity contribution in [1.29, 1.82) is 0 Å². The standard InChI is InChI=1S/C31H21Br2F4N3O3/c1-2-42-25-15-20(26(32)27(33)28(25)43-17-19-8-3-5-12-23(19)34)16-38-40-29(18-9-7-10-21(14-18)31(35,36)37)39-24-13-6-4-11-22(24)30(40)41/h3-16H,2,17H2,1H3. The number of alkyl halides is 3. The first kappa shape index (κ1) is 30.4. The molecule has 0 saturated carbocycles. The number of hydrogen-bond acceptors (Lipinski definition) is 5. The second kappa shape index (κ2) is 12.7. The fourth-order valence-corrected chi connectivity index (χ4v) is 5.17. The quantitative estimate of drug-likeness (QED) is 0.119. The molecule has 5 rings (SSSR count). The summed E-state index contributed by atoms with van der Waals surface area (Å²) in [6, 6.07) is 18.9. The molecule has 0 spiro atoms. The van der Waals surface area contributed by atoms with E-state index in [1.54, 1.807) is 55.5 Å². The van der Waals surface area contributed by atoms with E-state index in [1.165, 1.54) is 24.4 Å². The minimum Gasteiger partial charge on any atom is -0.490 e. The van der Waals surface area contributed by atoms with E-state index in [1.807, 2.05) is 0 Å². The third-order valence-corrected chi connectivity index (χ3v) is 8.44. The molecule has 0 unspecified atom stereocenters. The summed E-state index contributed by atoms with van der Waals surface area (Å²) >= 11 is 7.01. The number of ether oxygens (including phenoxy) is 2. The minimum absolute atomic E-state index is 0.0574. The van der Waals surface area contributed by atoms with Gasteiger partial charge in [0.2, 0.25) is 0 Å². The van der Waals surface area contributed by atoms with Crippen molar-refractivity contribution in [3.8, 4) is 22.9 Å². The van der Waals surface area contributed by atoms with Crippen molar-refractivity contribution >= 4 is 49.0 Å². The third-order valence-electron chi connectivity index (χ3n) is 6.30. The van der Waals surface area contributed by atoms with Crippen LogP contribution in [0.5, 0.6) is 11.5 Å². The Morgan fingerprint density at radius 1 is 0.953 bits per heavy atom. The van der Waals surface area contributed by atoms with Crippen molar-refractivity contribution in [3.05, 3.63) is 121 Å². The Hall–Kier alpha value is -4.03. The highest BCUT2D eigenvalue weighted by atomic mass is 79.9. The van der Waals surface area contributed by atoms with Gasteiger partial charge in [-0.1, -0.05) is 42.5 Å². The van der Waals surface area contributed by atoms with Crippen LogP contribution < -0.4 is 15.0 Å². The fourth-order valence-electron chi connectivity index (χ4n) is 4.23. The molecule has 1 aromatic heterocycles. The van der Waals surface area contributed by atoms with Crippen molar-refractivity contribution in [2.45, 2.75) is 19.7 Å². The molecule has 12 heteroatoms. The van der Waals surface area contributed by atoms with Crippen LogP contribution in [0.1, 0.15) is 23.6 Å². The van der Waals surface area contributed by atoms with E-state index >= 15 is 0 Å². The molecule has 0 saturated heterocycles. The summed E-state index contributed by atoms with van der Waals surface area (Å²) in [6.07, 6.45) is -3.24. The Labute approximate surface area is 259 Å². The van der Waals surface area contributed by atoms with Crippen molar-refractivity contribution < 1.29 is 27.0 Å². The van der Waals surface area contributed by atoms with Crippen molar-refractivity contribution in [3.63, 3.8) is 0 Å². The fraction of sp³-hybridized carbons (Fsp3) is 0.129. The van der Waals surface area contributed by atoms with Gasteiger partial charge in [0.1, 0.15) is 12.4 Å². The Kier molecular flexibility index (Phi) is 8.97. The van der Waals surface area contributed by atoms with Gasteiger partial charge in [0.25, 0.3) is 5.56 Å². The van der Waals surface area contributed by atoms with E-state index in [4.69, 9.17) is 9.47 Å². The monoisotopic (exact) mass is 717 g/mol. The lowest BCUT2D eigenvalue weighted by molar-refractivity contribution is -0.137. The van der Waals surface area contributed by atoms with Gasteiger partial charge >= 0.3 is 6.18 Å². The van der Waals surface area contributed by atoms with Gasteiger partial charge in [0.15, 0.2) is 17.3 Å². The lowest BCUT2D eigenvalue weighted by atomic mass is 10.1. The first-order valence-electron chi connectivity index (χ1n) is 12.8. The molecule has 4 aromatic carbocycles. The van der Waals surface area contributed by atoms with E-state index in [0.717, 1.165) is 16.8 Å². The molecule has 0 bridgehead atoms. The zero-order valence-electron chi connectivity index (χ0n) is 22.3. The molecule has 1 heterocycles. The Bertz CT molecular complexity index is 1910. The summed E-state index contributed by atoms with van der Waals surface area (Å²) in [5.74, 6) is 0.141. The number of hydrogen-bond donors (Lipinski definition) is 0. The Balaban J connectivity index is 1.60. The first-order valence-corrected chi connectivity index (χ1v) is 14.4. The minimum atomic E-state index is -4.59. The van der Waals surface area contributed by atoms with Gasteiger partial charge < -0.3 is 9.47 Å². The molecule has 0 atom stereocenters. The molecule has 6 nitrogen and oxygen atoms in total. The predicted molar refractivity (Wildman–Crippen MR) is 163 cm³/mol. The molecule has 220 valence electrons. The normalized spacial score (nSPS) is 11.8. The molecular weight excluding hydrogens is 698 g/mol. The molecule has 0 fully saturated rings. The molecule has 0 amide bonds. The molecule has 43 heavy (non-hydrogen) atoms. The summed E-state index contributed by atoms with van der Waals surface area (Å²) in [7, 11) is 0. The van der Waals surface area contributed by atoms with Crippen LogP contribution in [-0.4, -0.2) is 22.5 Å². The number of rotatable bonds is 8. The van der Waals surface area contributed by atoms with Crippen LogP contribution in [0.25, 0.3) is 22.3 Å². The molecule has 0 radical (unpaired) electrons. The van der Waals surface area contributed by atoms with Crippen LogP contribution >= 0.6 is 31.9 Å². The lowest BCUT2D eigenvalue weighted by Crippen LogP contribution is -2.20. The third kappa shape index (κ3) is 6.50. The molecule has 0 aliphatic rings. The molecular formula is C31H21Br2F4N3O3. The molecule has 5 aromatic rings. The maximum atomic E-state index is 14.2. The highest BCUT2D eigenvalue weighted by Crippen LogP contribution is 2.43. The number of halogens is 6. The van der Waals surface area contributed by atoms with Crippen LogP contribution in [0.3, 0.4) is 0 Å². The Morgan fingerprint density at radius 2 is 1.70 bits per heavy atom. The average Bonchev–Trinajstić information content (AvgIpc) is 2.99.